The van der Waals surface area contributed by atoms with Gasteiger partial charge in [-0.25, -0.2) is 4.39 Å². The predicted molar refractivity (Wildman–Crippen MR) is 96.0 cm³/mol. The Labute approximate surface area is 148 Å². The number of halogens is 1. The molecule has 1 aliphatic heterocycles. The van der Waals surface area contributed by atoms with Gasteiger partial charge in [-0.05, 0) is 38.9 Å². The maximum atomic E-state index is 13.8. The number of ketones is 1. The van der Waals surface area contributed by atoms with Crippen LogP contribution >= 0.6 is 0 Å². The van der Waals surface area contributed by atoms with Gasteiger partial charge >= 0.3 is 0 Å². The molecule has 25 heavy (non-hydrogen) atoms. The highest BCUT2D eigenvalue weighted by Crippen LogP contribution is 2.24. The van der Waals surface area contributed by atoms with Crippen LogP contribution in [-0.2, 0) is 0 Å². The normalized spacial score (nSPS) is 17.4. The van der Waals surface area contributed by atoms with E-state index in [9.17, 15) is 14.3 Å². The zero-order valence-electron chi connectivity index (χ0n) is 14.5. The van der Waals surface area contributed by atoms with Crippen molar-refractivity contribution in [3.63, 3.8) is 0 Å². The maximum absolute atomic E-state index is 13.8. The molecule has 0 radical (unpaired) electrons. The number of carbonyl (C=O) groups is 1. The predicted octanol–water partition coefficient (Wildman–Crippen LogP) is 3.76. The number of β-amino-alcohol motifs (C(OH)–C–C–N with tert-alkyl or cyclic N) is 1. The molecular weight excluding hydrogens is 317 g/mol. The monoisotopic (exact) mass is 341 g/mol. The van der Waals surface area contributed by atoms with Crippen molar-refractivity contribution in [2.75, 3.05) is 19.6 Å². The summed E-state index contributed by atoms with van der Waals surface area (Å²) in [4.78, 5) is 14.7. The molecule has 0 spiro atoms. The van der Waals surface area contributed by atoms with E-state index in [0.717, 1.165) is 37.1 Å². The lowest BCUT2D eigenvalue weighted by atomic mass is 9.88. The van der Waals surface area contributed by atoms with Crippen LogP contribution in [0.5, 0.6) is 0 Å². The fraction of sp³-hybridized carbons (Fsp3) is 0.381. The van der Waals surface area contributed by atoms with E-state index in [-0.39, 0.29) is 17.5 Å². The van der Waals surface area contributed by atoms with Crippen LogP contribution in [0.3, 0.4) is 0 Å². The summed E-state index contributed by atoms with van der Waals surface area (Å²) in [5, 5.41) is 10.3. The number of nitrogens with zero attached hydrogens (tertiary/aromatic N) is 1. The zero-order valence-corrected chi connectivity index (χ0v) is 14.5. The number of carbonyl (C=O) groups excluding carboxylic acids is 1. The van der Waals surface area contributed by atoms with Crippen molar-refractivity contribution in [1.29, 1.82) is 0 Å². The van der Waals surface area contributed by atoms with E-state index in [2.05, 4.69) is 4.90 Å². The molecule has 1 N–H and O–H groups in total. The lowest BCUT2D eigenvalue weighted by Crippen LogP contribution is -2.38. The van der Waals surface area contributed by atoms with Crippen LogP contribution < -0.4 is 0 Å². The van der Waals surface area contributed by atoms with Crippen molar-refractivity contribution in [3.05, 3.63) is 71.0 Å². The molecule has 3 rings (SSSR count). The molecule has 1 unspecified atom stereocenters. The van der Waals surface area contributed by atoms with E-state index in [4.69, 9.17) is 0 Å². The van der Waals surface area contributed by atoms with Gasteiger partial charge in [0.15, 0.2) is 5.78 Å². The highest BCUT2D eigenvalue weighted by molar-refractivity contribution is 5.97. The quantitative estimate of drug-likeness (QED) is 0.842. The first-order chi connectivity index (χ1) is 12.0. The van der Waals surface area contributed by atoms with Crippen molar-refractivity contribution in [2.45, 2.75) is 25.9 Å². The van der Waals surface area contributed by atoms with Gasteiger partial charge in [-0.3, -0.25) is 4.79 Å². The second-order valence-electron chi connectivity index (χ2n) is 6.84. The minimum absolute atomic E-state index is 0.0320. The first kappa shape index (κ1) is 17.8. The number of Topliss-reactive ketones (excluding diaryl/α,β-unsaturated/α-hetero) is 1. The minimum Gasteiger partial charge on any atom is -0.387 e. The van der Waals surface area contributed by atoms with Gasteiger partial charge in [0, 0.05) is 23.6 Å². The Morgan fingerprint density at radius 3 is 2.44 bits per heavy atom. The fourth-order valence-electron chi connectivity index (χ4n) is 3.42. The van der Waals surface area contributed by atoms with Crippen LogP contribution in [0.15, 0.2) is 48.5 Å². The zero-order chi connectivity index (χ0) is 17.8. The average molecular weight is 341 g/mol. The number of benzene rings is 2. The molecule has 1 aliphatic rings. The second-order valence-corrected chi connectivity index (χ2v) is 6.84. The number of rotatable bonds is 5. The van der Waals surface area contributed by atoms with Crippen molar-refractivity contribution in [1.82, 2.24) is 4.90 Å². The summed E-state index contributed by atoms with van der Waals surface area (Å²) in [6.07, 6.45) is 0.707. The molecule has 1 saturated heterocycles. The number of piperidine rings is 1. The lowest BCUT2D eigenvalue weighted by molar-refractivity contribution is 0.0719. The number of hydrogen-bond donors (Lipinski definition) is 1. The Bertz CT molecular complexity index is 721. The van der Waals surface area contributed by atoms with Crippen LogP contribution in [0, 0.1) is 18.7 Å². The summed E-state index contributed by atoms with van der Waals surface area (Å²) in [6.45, 7) is 3.89. The Hall–Kier alpha value is -2.04. The summed E-state index contributed by atoms with van der Waals surface area (Å²) < 4.78 is 13.8. The molecule has 0 aromatic heterocycles. The van der Waals surface area contributed by atoms with E-state index in [1.165, 1.54) is 6.07 Å². The van der Waals surface area contributed by atoms with E-state index in [1.807, 2.05) is 31.2 Å². The third-order valence-electron chi connectivity index (χ3n) is 4.99. The fourth-order valence-corrected chi connectivity index (χ4v) is 3.42. The van der Waals surface area contributed by atoms with Crippen LogP contribution in [0.4, 0.5) is 4.39 Å². The standard InChI is InChI=1S/C21H24FNO2/c1-15-6-8-16(9-7-15)21(25)17-10-12-23(13-11-17)14-20(24)18-4-2-3-5-19(18)22/h2-9,17,20,24H,10-14H2,1H3. The number of aliphatic hydroxyl groups is 1. The molecule has 1 fully saturated rings. The summed E-state index contributed by atoms with van der Waals surface area (Å²) in [5.41, 5.74) is 2.25. The topological polar surface area (TPSA) is 40.5 Å². The largest absolute Gasteiger partial charge is 0.387 e. The van der Waals surface area contributed by atoms with E-state index < -0.39 is 6.10 Å². The van der Waals surface area contributed by atoms with Gasteiger partial charge in [-0.2, -0.15) is 0 Å². The van der Waals surface area contributed by atoms with Gasteiger partial charge < -0.3 is 10.0 Å². The van der Waals surface area contributed by atoms with Gasteiger partial charge in [-0.15, -0.1) is 0 Å². The molecule has 3 nitrogen and oxygen atoms in total. The first-order valence-electron chi connectivity index (χ1n) is 8.80. The minimum atomic E-state index is -0.842. The molecule has 2 aromatic carbocycles. The second kappa shape index (κ2) is 7.89. The molecule has 0 bridgehead atoms. The molecular formula is C21H24FNO2. The van der Waals surface area contributed by atoms with Crippen LogP contribution in [-0.4, -0.2) is 35.4 Å². The number of aryl methyl sites for hydroxylation is 1. The Balaban J connectivity index is 1.54. The summed E-state index contributed by atoms with van der Waals surface area (Å²) in [6, 6.07) is 14.1. The molecule has 1 heterocycles. The average Bonchev–Trinajstić information content (AvgIpc) is 2.63. The van der Waals surface area contributed by atoms with E-state index >= 15 is 0 Å². The van der Waals surface area contributed by atoms with Crippen molar-refractivity contribution < 1.29 is 14.3 Å². The maximum Gasteiger partial charge on any atom is 0.166 e. The Morgan fingerprint density at radius 1 is 1.16 bits per heavy atom. The smallest absolute Gasteiger partial charge is 0.166 e. The number of likely N-dealkylation sites (tertiary alicyclic amines) is 1. The van der Waals surface area contributed by atoms with Gasteiger partial charge in [0.25, 0.3) is 0 Å². The van der Waals surface area contributed by atoms with Gasteiger partial charge in [0.2, 0.25) is 0 Å². The summed E-state index contributed by atoms with van der Waals surface area (Å²) >= 11 is 0. The van der Waals surface area contributed by atoms with Crippen molar-refractivity contribution in [2.24, 2.45) is 5.92 Å². The molecule has 0 amide bonds. The van der Waals surface area contributed by atoms with Gasteiger partial charge in [0.05, 0.1) is 6.10 Å². The summed E-state index contributed by atoms with van der Waals surface area (Å²) in [7, 11) is 0. The molecule has 2 aromatic rings. The van der Waals surface area contributed by atoms with E-state index in [0.29, 0.717) is 12.1 Å². The molecule has 4 heteroatoms. The van der Waals surface area contributed by atoms with Gasteiger partial charge in [-0.1, -0.05) is 48.0 Å². The first-order valence-corrected chi connectivity index (χ1v) is 8.80. The van der Waals surface area contributed by atoms with Crippen LogP contribution in [0.25, 0.3) is 0 Å². The third-order valence-corrected chi connectivity index (χ3v) is 4.99. The van der Waals surface area contributed by atoms with Crippen LogP contribution in [0.2, 0.25) is 0 Å². The number of hydrogen-bond acceptors (Lipinski definition) is 3. The molecule has 0 saturated carbocycles. The lowest BCUT2D eigenvalue weighted by Gasteiger charge is -2.32. The Morgan fingerprint density at radius 2 is 1.80 bits per heavy atom. The summed E-state index contributed by atoms with van der Waals surface area (Å²) in [5.74, 6) is -0.140. The third kappa shape index (κ3) is 4.33. The number of aliphatic hydroxyl groups excluding tert-OH is 1. The van der Waals surface area contributed by atoms with Crippen molar-refractivity contribution >= 4 is 5.78 Å². The molecule has 1 atom stereocenters. The SMILES string of the molecule is Cc1ccc(C(=O)C2CCN(CC(O)c3ccccc3F)CC2)cc1. The molecule has 0 aliphatic carbocycles. The Kier molecular flexibility index (Phi) is 5.61. The highest BCUT2D eigenvalue weighted by Gasteiger charge is 2.27. The van der Waals surface area contributed by atoms with E-state index in [1.54, 1.807) is 18.2 Å². The van der Waals surface area contributed by atoms with Gasteiger partial charge in [0.1, 0.15) is 5.82 Å². The molecule has 132 valence electrons. The van der Waals surface area contributed by atoms with Crippen LogP contribution in [0.1, 0.15) is 40.4 Å². The highest BCUT2D eigenvalue weighted by atomic mass is 19.1. The van der Waals surface area contributed by atoms with Crippen molar-refractivity contribution in [3.8, 4) is 0 Å².